The van der Waals surface area contributed by atoms with Gasteiger partial charge in [-0.05, 0) is 76.9 Å². The number of nitrogens with one attached hydrogen (secondary N) is 1. The summed E-state index contributed by atoms with van der Waals surface area (Å²) in [5, 5.41) is 12.3. The highest BCUT2D eigenvalue weighted by molar-refractivity contribution is 5.94. The summed E-state index contributed by atoms with van der Waals surface area (Å²) in [6.45, 7) is 8.22. The number of hydrogen-bond donors (Lipinski definition) is 1. The molecule has 1 amide bonds. The molecule has 0 bridgehead atoms. The van der Waals surface area contributed by atoms with Crippen molar-refractivity contribution in [1.29, 1.82) is 5.26 Å². The summed E-state index contributed by atoms with van der Waals surface area (Å²) in [5.74, 6) is 0.962. The van der Waals surface area contributed by atoms with Crippen LogP contribution in [0, 0.1) is 11.3 Å². The Labute approximate surface area is 166 Å². The van der Waals surface area contributed by atoms with E-state index in [1.54, 1.807) is 42.5 Å². The zero-order chi connectivity index (χ0) is 20.4. The summed E-state index contributed by atoms with van der Waals surface area (Å²) in [6.07, 6.45) is 1.54. The van der Waals surface area contributed by atoms with E-state index in [0.717, 1.165) is 12.8 Å². The molecule has 5 nitrogen and oxygen atoms in total. The number of para-hydroxylation sites is 1. The Hall–Kier alpha value is -2.84. The smallest absolute Gasteiger partial charge is 0.251 e. The third-order valence-electron chi connectivity index (χ3n) is 4.72. The molecule has 1 aliphatic rings. The largest absolute Gasteiger partial charge is 0.456 e. The van der Waals surface area contributed by atoms with Crippen molar-refractivity contribution < 1.29 is 14.3 Å². The van der Waals surface area contributed by atoms with Crippen molar-refractivity contribution in [3.05, 3.63) is 59.7 Å². The standard InChI is InChI=1S/C23H26N2O3/c1-22(2)13-18(14-23(3,4)28-22)25-21(26)16-9-11-19(12-10-16)27-20-8-6-5-7-17(20)15-24/h5-12,18H,13-14H2,1-4H3,(H,25,26). The number of hydrogen-bond acceptors (Lipinski definition) is 4. The van der Waals surface area contributed by atoms with E-state index in [9.17, 15) is 4.79 Å². The average Bonchev–Trinajstić information content (AvgIpc) is 2.60. The highest BCUT2D eigenvalue weighted by Crippen LogP contribution is 2.35. The van der Waals surface area contributed by atoms with E-state index in [0.29, 0.717) is 22.6 Å². The summed E-state index contributed by atoms with van der Waals surface area (Å²) in [6, 6.07) is 16.2. The van der Waals surface area contributed by atoms with Gasteiger partial charge >= 0.3 is 0 Å². The van der Waals surface area contributed by atoms with Gasteiger partial charge in [-0.1, -0.05) is 12.1 Å². The van der Waals surface area contributed by atoms with Gasteiger partial charge in [0.1, 0.15) is 17.6 Å². The Kier molecular flexibility index (Phi) is 5.44. The molecule has 0 unspecified atom stereocenters. The maximum absolute atomic E-state index is 12.7. The SMILES string of the molecule is CC1(C)CC(NC(=O)c2ccc(Oc3ccccc3C#N)cc2)CC(C)(C)O1. The molecule has 2 aromatic carbocycles. The number of ether oxygens (including phenoxy) is 2. The van der Waals surface area contributed by atoms with Gasteiger partial charge in [-0.3, -0.25) is 4.79 Å². The van der Waals surface area contributed by atoms with Crippen LogP contribution in [0.5, 0.6) is 11.5 Å². The predicted octanol–water partition coefficient (Wildman–Crippen LogP) is 4.82. The molecule has 2 aromatic rings. The maximum Gasteiger partial charge on any atom is 0.251 e. The van der Waals surface area contributed by atoms with Crippen LogP contribution in [0.15, 0.2) is 48.5 Å². The monoisotopic (exact) mass is 378 g/mol. The van der Waals surface area contributed by atoms with Gasteiger partial charge in [-0.2, -0.15) is 5.26 Å². The fraction of sp³-hybridized carbons (Fsp3) is 0.391. The van der Waals surface area contributed by atoms with Crippen LogP contribution in [0.2, 0.25) is 0 Å². The van der Waals surface area contributed by atoms with Crippen molar-refractivity contribution in [3.8, 4) is 17.6 Å². The molecule has 0 radical (unpaired) electrons. The van der Waals surface area contributed by atoms with Gasteiger partial charge in [0.05, 0.1) is 16.8 Å². The Morgan fingerprint density at radius 2 is 1.68 bits per heavy atom. The molecule has 28 heavy (non-hydrogen) atoms. The van der Waals surface area contributed by atoms with E-state index in [1.807, 2.05) is 6.07 Å². The van der Waals surface area contributed by atoms with Gasteiger partial charge < -0.3 is 14.8 Å². The average molecular weight is 378 g/mol. The van der Waals surface area contributed by atoms with Crippen LogP contribution in [-0.2, 0) is 4.74 Å². The zero-order valence-corrected chi connectivity index (χ0v) is 16.8. The number of amides is 1. The molecule has 1 saturated heterocycles. The highest BCUT2D eigenvalue weighted by atomic mass is 16.5. The molecule has 3 rings (SSSR count). The van der Waals surface area contributed by atoms with E-state index in [2.05, 4.69) is 39.1 Å². The second kappa shape index (κ2) is 7.65. The van der Waals surface area contributed by atoms with Crippen LogP contribution in [0.1, 0.15) is 56.5 Å². The van der Waals surface area contributed by atoms with Gasteiger partial charge in [-0.15, -0.1) is 0 Å². The first-order chi connectivity index (χ1) is 13.2. The fourth-order valence-electron chi connectivity index (χ4n) is 3.91. The lowest BCUT2D eigenvalue weighted by atomic mass is 9.85. The van der Waals surface area contributed by atoms with Crippen LogP contribution >= 0.6 is 0 Å². The quantitative estimate of drug-likeness (QED) is 0.828. The Morgan fingerprint density at radius 3 is 2.29 bits per heavy atom. The van der Waals surface area contributed by atoms with E-state index >= 15 is 0 Å². The molecule has 1 aliphatic heterocycles. The molecule has 0 aliphatic carbocycles. The van der Waals surface area contributed by atoms with Crippen LogP contribution in [0.4, 0.5) is 0 Å². The number of rotatable bonds is 4. The van der Waals surface area contributed by atoms with Crippen molar-refractivity contribution in [2.45, 2.75) is 57.8 Å². The molecular weight excluding hydrogens is 352 g/mol. The van der Waals surface area contributed by atoms with Crippen LogP contribution in [0.3, 0.4) is 0 Å². The Morgan fingerprint density at radius 1 is 1.07 bits per heavy atom. The van der Waals surface area contributed by atoms with Crippen molar-refractivity contribution in [2.75, 3.05) is 0 Å². The van der Waals surface area contributed by atoms with Gasteiger partial charge in [-0.25, -0.2) is 0 Å². The molecule has 1 heterocycles. The number of benzene rings is 2. The second-order valence-electron chi connectivity index (χ2n) is 8.43. The topological polar surface area (TPSA) is 71.3 Å². The van der Waals surface area contributed by atoms with Gasteiger partial charge in [0.2, 0.25) is 0 Å². The van der Waals surface area contributed by atoms with E-state index in [1.165, 1.54) is 0 Å². The lowest BCUT2D eigenvalue weighted by Crippen LogP contribution is -2.52. The number of nitrogens with zero attached hydrogens (tertiary/aromatic N) is 1. The third-order valence-corrected chi connectivity index (χ3v) is 4.72. The minimum atomic E-state index is -0.272. The lowest BCUT2D eigenvalue weighted by molar-refractivity contribution is -0.162. The van der Waals surface area contributed by atoms with E-state index < -0.39 is 0 Å². The minimum absolute atomic E-state index is 0.0599. The molecule has 0 aromatic heterocycles. The summed E-state index contributed by atoms with van der Waals surface area (Å²) in [5.41, 5.74) is 0.494. The Bertz CT molecular complexity index is 879. The summed E-state index contributed by atoms with van der Waals surface area (Å²) in [7, 11) is 0. The molecule has 1 fully saturated rings. The summed E-state index contributed by atoms with van der Waals surface area (Å²) < 4.78 is 11.8. The van der Waals surface area contributed by atoms with Crippen LogP contribution < -0.4 is 10.1 Å². The first-order valence-electron chi connectivity index (χ1n) is 9.46. The van der Waals surface area contributed by atoms with Crippen LogP contribution in [-0.4, -0.2) is 23.2 Å². The molecule has 0 saturated carbocycles. The first kappa shape index (κ1) is 19.9. The lowest BCUT2D eigenvalue weighted by Gasteiger charge is -2.45. The molecular formula is C23H26N2O3. The Balaban J connectivity index is 1.66. The highest BCUT2D eigenvalue weighted by Gasteiger charge is 2.39. The van der Waals surface area contributed by atoms with E-state index in [4.69, 9.17) is 14.7 Å². The number of carbonyl (C=O) groups excluding carboxylic acids is 1. The second-order valence-corrected chi connectivity index (χ2v) is 8.43. The van der Waals surface area contributed by atoms with Crippen molar-refractivity contribution in [3.63, 3.8) is 0 Å². The van der Waals surface area contributed by atoms with Crippen molar-refractivity contribution >= 4 is 5.91 Å². The summed E-state index contributed by atoms with van der Waals surface area (Å²) in [4.78, 5) is 12.7. The third kappa shape index (κ3) is 4.90. The molecule has 1 N–H and O–H groups in total. The van der Waals surface area contributed by atoms with Gasteiger partial charge in [0.25, 0.3) is 5.91 Å². The predicted molar refractivity (Wildman–Crippen MR) is 107 cm³/mol. The summed E-state index contributed by atoms with van der Waals surface area (Å²) >= 11 is 0. The molecule has 146 valence electrons. The van der Waals surface area contributed by atoms with E-state index in [-0.39, 0.29) is 23.2 Å². The molecule has 0 spiro atoms. The number of nitriles is 1. The minimum Gasteiger partial charge on any atom is -0.456 e. The van der Waals surface area contributed by atoms with Gasteiger partial charge in [0.15, 0.2) is 0 Å². The first-order valence-corrected chi connectivity index (χ1v) is 9.46. The fourth-order valence-corrected chi connectivity index (χ4v) is 3.91. The van der Waals surface area contributed by atoms with Gasteiger partial charge in [0, 0.05) is 11.6 Å². The normalized spacial score (nSPS) is 18.1. The zero-order valence-electron chi connectivity index (χ0n) is 16.8. The van der Waals surface area contributed by atoms with Crippen molar-refractivity contribution in [2.24, 2.45) is 0 Å². The van der Waals surface area contributed by atoms with Crippen molar-refractivity contribution in [1.82, 2.24) is 5.32 Å². The number of carbonyl (C=O) groups is 1. The molecule has 0 atom stereocenters. The van der Waals surface area contributed by atoms with Crippen LogP contribution in [0.25, 0.3) is 0 Å². The molecule has 5 heteroatoms. The maximum atomic E-state index is 12.7.